The molecule has 0 unspecified atom stereocenters. The first kappa shape index (κ1) is 24.6. The smallest absolute Gasteiger partial charge is 0.338 e. The number of phenolic OH excluding ortho intramolecular Hbond substituents is 1. The first-order valence-corrected chi connectivity index (χ1v) is 11.4. The van der Waals surface area contributed by atoms with Gasteiger partial charge in [-0.3, -0.25) is 9.89 Å². The number of para-hydroxylation sites is 1. The molecule has 184 valence electrons. The van der Waals surface area contributed by atoms with Gasteiger partial charge in [-0.1, -0.05) is 30.3 Å². The Hall–Kier alpha value is -4.50. The molecule has 0 atom stereocenters. The molecule has 0 saturated heterocycles. The predicted octanol–water partition coefficient (Wildman–Crippen LogP) is 4.99. The number of nitrogens with one attached hydrogen (secondary N) is 1. The molecule has 0 radical (unpaired) electrons. The third-order valence-electron chi connectivity index (χ3n) is 5.82. The summed E-state index contributed by atoms with van der Waals surface area (Å²) >= 11 is 0. The highest BCUT2D eigenvalue weighted by Gasteiger charge is 2.15. The van der Waals surface area contributed by atoms with Crippen molar-refractivity contribution in [2.75, 3.05) is 13.2 Å². The van der Waals surface area contributed by atoms with Crippen LogP contribution >= 0.6 is 0 Å². The standard InChI is InChI=1S/C27H27N5O4/c1-16-10-11-21(14-17(16)2)32-26(34)24(18(3)31-32)30-29-23-9-5-8-22(25(23)33)19-6-4-7-20(15-19)27(35)36-13-12-28/h4-11,14-15,31,33H,12-13,28H2,1-3H3. The van der Waals surface area contributed by atoms with Crippen LogP contribution in [0.3, 0.4) is 0 Å². The summed E-state index contributed by atoms with van der Waals surface area (Å²) in [6.45, 7) is 6.07. The largest absolute Gasteiger partial charge is 0.505 e. The molecular weight excluding hydrogens is 458 g/mol. The number of ether oxygens (including phenoxy) is 1. The van der Waals surface area contributed by atoms with Crippen molar-refractivity contribution in [1.29, 1.82) is 0 Å². The van der Waals surface area contributed by atoms with Gasteiger partial charge in [-0.2, -0.15) is 0 Å². The van der Waals surface area contributed by atoms with Crippen molar-refractivity contribution in [3.63, 3.8) is 0 Å². The van der Waals surface area contributed by atoms with Crippen LogP contribution < -0.4 is 11.3 Å². The van der Waals surface area contributed by atoms with E-state index in [9.17, 15) is 14.7 Å². The third kappa shape index (κ3) is 4.96. The molecule has 0 aliphatic heterocycles. The molecular formula is C27H27N5O4. The van der Waals surface area contributed by atoms with Crippen molar-refractivity contribution in [3.05, 3.63) is 93.4 Å². The van der Waals surface area contributed by atoms with Gasteiger partial charge in [0.05, 0.1) is 16.9 Å². The molecule has 36 heavy (non-hydrogen) atoms. The number of H-pyrrole nitrogens is 1. The van der Waals surface area contributed by atoms with Gasteiger partial charge in [-0.05, 0) is 67.8 Å². The van der Waals surface area contributed by atoms with Crippen LogP contribution in [0.4, 0.5) is 11.4 Å². The average molecular weight is 486 g/mol. The van der Waals surface area contributed by atoms with E-state index in [-0.39, 0.29) is 35.8 Å². The van der Waals surface area contributed by atoms with Gasteiger partial charge in [0.25, 0.3) is 5.56 Å². The zero-order valence-corrected chi connectivity index (χ0v) is 20.3. The summed E-state index contributed by atoms with van der Waals surface area (Å²) in [5.74, 6) is -0.628. The van der Waals surface area contributed by atoms with Crippen LogP contribution in [0, 0.1) is 20.8 Å². The van der Waals surface area contributed by atoms with Gasteiger partial charge in [-0.15, -0.1) is 10.2 Å². The van der Waals surface area contributed by atoms with Gasteiger partial charge in [-0.25, -0.2) is 9.48 Å². The predicted molar refractivity (Wildman–Crippen MR) is 138 cm³/mol. The van der Waals surface area contributed by atoms with Crippen molar-refractivity contribution >= 4 is 17.3 Å². The minimum absolute atomic E-state index is 0.119. The van der Waals surface area contributed by atoms with Crippen molar-refractivity contribution in [3.8, 4) is 22.6 Å². The van der Waals surface area contributed by atoms with E-state index in [0.29, 0.717) is 28.1 Å². The van der Waals surface area contributed by atoms with Crippen LogP contribution in [0.2, 0.25) is 0 Å². The number of aryl methyl sites for hydroxylation is 3. The number of carbonyl (C=O) groups excluding carboxylic acids is 1. The van der Waals surface area contributed by atoms with E-state index in [1.807, 2.05) is 32.0 Å². The lowest BCUT2D eigenvalue weighted by molar-refractivity contribution is 0.0517. The molecule has 4 rings (SSSR count). The Kier molecular flexibility index (Phi) is 7.12. The molecule has 0 aliphatic carbocycles. The summed E-state index contributed by atoms with van der Waals surface area (Å²) in [5, 5.41) is 22.2. The average Bonchev–Trinajstić information content (AvgIpc) is 3.16. The first-order valence-electron chi connectivity index (χ1n) is 11.4. The second-order valence-corrected chi connectivity index (χ2v) is 8.37. The molecule has 0 aliphatic rings. The monoisotopic (exact) mass is 485 g/mol. The van der Waals surface area contributed by atoms with Gasteiger partial charge >= 0.3 is 5.97 Å². The second-order valence-electron chi connectivity index (χ2n) is 8.37. The lowest BCUT2D eigenvalue weighted by Crippen LogP contribution is -2.14. The van der Waals surface area contributed by atoms with E-state index in [4.69, 9.17) is 10.5 Å². The molecule has 0 fully saturated rings. The van der Waals surface area contributed by atoms with Crippen molar-refractivity contribution < 1.29 is 14.6 Å². The number of phenols is 1. The lowest BCUT2D eigenvalue weighted by atomic mass is 10.0. The number of nitrogens with two attached hydrogens (primary N) is 1. The van der Waals surface area contributed by atoms with Crippen molar-refractivity contribution in [2.24, 2.45) is 16.0 Å². The van der Waals surface area contributed by atoms with Crippen LogP contribution in [-0.2, 0) is 4.74 Å². The quantitative estimate of drug-likeness (QED) is 0.250. The number of hydrogen-bond acceptors (Lipinski definition) is 7. The second kappa shape index (κ2) is 10.4. The number of esters is 1. The Morgan fingerprint density at radius 2 is 1.81 bits per heavy atom. The van der Waals surface area contributed by atoms with Gasteiger partial charge in [0.2, 0.25) is 0 Å². The minimum Gasteiger partial charge on any atom is -0.505 e. The fourth-order valence-electron chi connectivity index (χ4n) is 3.70. The summed E-state index contributed by atoms with van der Waals surface area (Å²) in [5.41, 5.74) is 10.2. The first-order chi connectivity index (χ1) is 17.3. The van der Waals surface area contributed by atoms with Crippen LogP contribution in [0.5, 0.6) is 5.75 Å². The number of carbonyl (C=O) groups is 1. The van der Waals surface area contributed by atoms with Gasteiger partial charge in [0, 0.05) is 12.1 Å². The van der Waals surface area contributed by atoms with Crippen molar-refractivity contribution in [1.82, 2.24) is 9.78 Å². The Morgan fingerprint density at radius 1 is 1.03 bits per heavy atom. The number of benzene rings is 3. The summed E-state index contributed by atoms with van der Waals surface area (Å²) in [7, 11) is 0. The van der Waals surface area contributed by atoms with E-state index in [0.717, 1.165) is 11.1 Å². The van der Waals surface area contributed by atoms with E-state index in [1.165, 1.54) is 4.68 Å². The highest BCUT2D eigenvalue weighted by atomic mass is 16.5. The molecule has 4 aromatic rings. The normalized spacial score (nSPS) is 11.2. The number of hydrogen-bond donors (Lipinski definition) is 3. The van der Waals surface area contributed by atoms with Crippen molar-refractivity contribution in [2.45, 2.75) is 20.8 Å². The fourth-order valence-corrected chi connectivity index (χ4v) is 3.70. The zero-order valence-electron chi connectivity index (χ0n) is 20.3. The molecule has 0 spiro atoms. The molecule has 1 heterocycles. The molecule has 1 aromatic heterocycles. The topological polar surface area (TPSA) is 135 Å². The van der Waals surface area contributed by atoms with E-state index < -0.39 is 5.97 Å². The Balaban J connectivity index is 1.65. The highest BCUT2D eigenvalue weighted by molar-refractivity contribution is 5.91. The molecule has 0 amide bonds. The molecule has 4 N–H and O–H groups in total. The van der Waals surface area contributed by atoms with Gasteiger partial charge in [0.1, 0.15) is 12.3 Å². The van der Waals surface area contributed by atoms with Gasteiger partial charge in [0.15, 0.2) is 11.4 Å². The van der Waals surface area contributed by atoms with Crippen LogP contribution in [0.25, 0.3) is 16.8 Å². The maximum Gasteiger partial charge on any atom is 0.338 e. The zero-order chi connectivity index (χ0) is 25.8. The number of aromatic hydroxyl groups is 1. The third-order valence-corrected chi connectivity index (χ3v) is 5.82. The molecule has 0 bridgehead atoms. The molecule has 3 aromatic carbocycles. The summed E-state index contributed by atoms with van der Waals surface area (Å²) in [6, 6.07) is 17.4. The van der Waals surface area contributed by atoms with Crippen LogP contribution in [0.1, 0.15) is 27.2 Å². The summed E-state index contributed by atoms with van der Waals surface area (Å²) < 4.78 is 6.50. The maximum atomic E-state index is 13.0. The van der Waals surface area contributed by atoms with E-state index in [1.54, 1.807) is 49.4 Å². The Labute approximate surface area is 207 Å². The number of aromatic amines is 1. The summed E-state index contributed by atoms with van der Waals surface area (Å²) in [6.07, 6.45) is 0. The Bertz CT molecular complexity index is 1520. The lowest BCUT2D eigenvalue weighted by Gasteiger charge is -2.09. The SMILES string of the molecule is Cc1ccc(-n2[nH]c(C)c(N=Nc3cccc(-c4cccc(C(=O)OCCN)c4)c3O)c2=O)cc1C. The molecule has 9 nitrogen and oxygen atoms in total. The number of aromatic nitrogens is 2. The molecule has 0 saturated carbocycles. The van der Waals surface area contributed by atoms with Crippen LogP contribution in [-0.4, -0.2) is 34.0 Å². The fraction of sp³-hybridized carbons (Fsp3) is 0.185. The van der Waals surface area contributed by atoms with E-state index in [2.05, 4.69) is 15.3 Å². The Morgan fingerprint density at radius 3 is 2.56 bits per heavy atom. The molecule has 9 heteroatoms. The minimum atomic E-state index is -0.499. The van der Waals surface area contributed by atoms with Crippen LogP contribution in [0.15, 0.2) is 75.7 Å². The maximum absolute atomic E-state index is 13.0. The highest BCUT2D eigenvalue weighted by Crippen LogP contribution is 2.38. The summed E-state index contributed by atoms with van der Waals surface area (Å²) in [4.78, 5) is 25.2. The van der Waals surface area contributed by atoms with E-state index >= 15 is 0 Å². The number of rotatable bonds is 7. The van der Waals surface area contributed by atoms with Gasteiger partial charge < -0.3 is 15.6 Å². The number of nitrogens with zero attached hydrogens (tertiary/aromatic N) is 3. The number of azo groups is 1.